The van der Waals surface area contributed by atoms with Crippen molar-refractivity contribution in [2.75, 3.05) is 73.9 Å². The summed E-state index contributed by atoms with van der Waals surface area (Å²) in [6, 6.07) is -13.2. The summed E-state index contributed by atoms with van der Waals surface area (Å²) in [5.74, 6) is -12.1. The molecule has 0 rings (SSSR count). The van der Waals surface area contributed by atoms with E-state index in [1.54, 1.807) is 74.6 Å². The first-order valence-corrected chi connectivity index (χ1v) is 40.5. The van der Waals surface area contributed by atoms with Gasteiger partial charge in [0.15, 0.2) is 5.96 Å². The normalized spacial score (nSPS) is 15.0. The molecule has 0 aliphatic heterocycles. The van der Waals surface area contributed by atoms with E-state index in [4.69, 9.17) is 27.7 Å². The minimum Gasteiger partial charge on any atom is -0.459 e. The molecule has 0 spiro atoms. The first-order valence-electron chi connectivity index (χ1n) is 39.3. The predicted molar refractivity (Wildman–Crippen MR) is 438 cm³/mol. The van der Waals surface area contributed by atoms with Crippen LogP contribution in [0, 0.1) is 41.4 Å². The highest BCUT2D eigenvalue weighted by Crippen LogP contribution is 2.28. The van der Waals surface area contributed by atoms with E-state index in [0.29, 0.717) is 25.0 Å². The number of hydrogen-bond donors (Lipinski definition) is 9. The molecule has 0 fully saturated rings. The lowest BCUT2D eigenvalue weighted by Gasteiger charge is -2.42. The molecule has 0 aliphatic rings. The van der Waals surface area contributed by atoms with Crippen LogP contribution >= 0.6 is 11.8 Å². The molecular formula is C78H145N17O16S. The third kappa shape index (κ3) is 34.8. The zero-order chi connectivity index (χ0) is 86.6. The Balaban J connectivity index is -0.0000616. The van der Waals surface area contributed by atoms with Crippen molar-refractivity contribution in [1.29, 1.82) is 0 Å². The predicted octanol–water partition coefficient (Wildman–Crippen LogP) is 3.12. The van der Waals surface area contributed by atoms with Crippen LogP contribution in [0.1, 0.15) is 205 Å². The van der Waals surface area contributed by atoms with Gasteiger partial charge in [0.2, 0.25) is 82.7 Å². The quantitative estimate of drug-likeness (QED) is 0.0139. The molecule has 0 heterocycles. The number of aliphatic imine (C=N–C) groups is 1. The Bertz CT molecular complexity index is 3200. The summed E-state index contributed by atoms with van der Waals surface area (Å²) in [5.41, 5.74) is 21.8. The van der Waals surface area contributed by atoms with E-state index in [2.05, 4.69) is 31.6 Å². The third-order valence-corrected chi connectivity index (χ3v) is 20.6. The lowest BCUT2D eigenvalue weighted by Crippen LogP contribution is -2.64. The molecule has 0 radical (unpaired) electrons. The van der Waals surface area contributed by atoms with E-state index in [0.717, 1.165) is 9.80 Å². The summed E-state index contributed by atoms with van der Waals surface area (Å²) >= 11 is 1.28. The van der Waals surface area contributed by atoms with Gasteiger partial charge in [-0.3, -0.25) is 76.9 Å². The van der Waals surface area contributed by atoms with E-state index >= 15 is 14.4 Å². The molecule has 0 unspecified atom stereocenters. The second kappa shape index (κ2) is 51.2. The van der Waals surface area contributed by atoms with Crippen LogP contribution in [0.25, 0.3) is 0 Å². The molecule has 0 bridgehead atoms. The molecule has 13 atom stereocenters. The van der Waals surface area contributed by atoms with Crippen molar-refractivity contribution in [3.63, 3.8) is 0 Å². The Kier molecular flexibility index (Phi) is 47.3. The maximum absolute atomic E-state index is 15.8. The maximum atomic E-state index is 15.8. The SMILES string of the molecule is C/C=C/C[C@@H](C)[C@@H](OC(=O)CCCCSC[C@@H](NC(C)=O)C(=O)N[C@H](CCCN=C(N)N)C(N)=O)[C@@H](C(=O)N[C@@H](CC)C(=O)N(C)CC(=O)N(C)[C@@H](CC(C)C)C(=O)N[C@H](C(=O)N(C)[C@@H](CC(C)C)C(=O)N[C@@H](C)C(N)=O)C(C)C)N(C)C(=O)[C@H](C(C)C)N(C)C(=O)[C@H](CC(C)C)N(C)C(=O)[C@H](CC(C)C)N(C)C(=O)CC.[HH].[HH]. The summed E-state index contributed by atoms with van der Waals surface area (Å²) in [6.45, 7) is 30.8. The number of primary amides is 2. The Hall–Kier alpha value is -8.59. The highest BCUT2D eigenvalue weighted by molar-refractivity contribution is 7.99. The van der Waals surface area contributed by atoms with Gasteiger partial charge in [-0.05, 0) is 125 Å². The van der Waals surface area contributed by atoms with Crippen molar-refractivity contribution < 1.29 is 79.5 Å². The zero-order valence-corrected chi connectivity index (χ0v) is 72.6. The molecule has 644 valence electrons. The topological polar surface area (TPSA) is 465 Å². The number of nitrogens with one attached hydrogen (secondary N) is 5. The van der Waals surface area contributed by atoms with E-state index in [9.17, 15) is 57.5 Å². The van der Waals surface area contributed by atoms with Gasteiger partial charge >= 0.3 is 5.97 Å². The fourth-order valence-corrected chi connectivity index (χ4v) is 13.8. The van der Waals surface area contributed by atoms with Crippen LogP contribution in [0.5, 0.6) is 0 Å². The van der Waals surface area contributed by atoms with E-state index in [1.165, 1.54) is 92.4 Å². The number of unbranched alkanes of at least 4 members (excludes halogenated alkanes) is 1. The Labute approximate surface area is 673 Å². The van der Waals surface area contributed by atoms with Gasteiger partial charge in [0.25, 0.3) is 0 Å². The number of rotatable bonds is 52. The summed E-state index contributed by atoms with van der Waals surface area (Å²) < 4.78 is 6.38. The molecule has 112 heavy (non-hydrogen) atoms. The molecule has 13 N–H and O–H groups in total. The number of nitrogens with two attached hydrogens (primary N) is 4. The highest BCUT2D eigenvalue weighted by atomic mass is 32.2. The number of allylic oxidation sites excluding steroid dienone is 2. The number of carbonyl (C=O) groups excluding carboxylic acids is 15. The number of thioether (sulfide) groups is 1. The smallest absolute Gasteiger partial charge is 0.306 e. The average Bonchev–Trinajstić information content (AvgIpc) is 0.792. The van der Waals surface area contributed by atoms with Gasteiger partial charge in [0, 0.05) is 84.2 Å². The van der Waals surface area contributed by atoms with Crippen molar-refractivity contribution in [2.24, 2.45) is 69.4 Å². The zero-order valence-electron chi connectivity index (χ0n) is 71.8. The van der Waals surface area contributed by atoms with E-state index in [-0.39, 0.29) is 108 Å². The minimum atomic E-state index is -1.74. The van der Waals surface area contributed by atoms with Crippen LogP contribution in [0.3, 0.4) is 0 Å². The molecule has 0 aliphatic carbocycles. The molecule has 14 amide bonds. The summed E-state index contributed by atoms with van der Waals surface area (Å²) in [4.78, 5) is 223. The standard InChI is InChI=1S/C78H141N17O16S.2H2/c1-26-29-33-50(16)66(111-62(99)35-30-31-37-112-43-55(85-52(18)96)69(102)87-54(68(80)101)34-32-36-83-78(81)82)65(95(25)77(110)64(49(14)15)94(24)75(108)59(41-47(10)11)93(23)74(107)58(40-46(8)9)91(21)60(97)28-3)72(105)86-53(27-2)73(106)89(19)42-61(98)90(20)56(38-44(4)5)71(104)88-63(48(12)13)76(109)92(22)57(39-45(6)7)70(103)84-51(17)67(79)100;;/h26,29,44-51,53-59,63-66H,27-28,30-43H2,1-25H3,(H2,79,100)(H2,80,101)(H,84,103)(H,85,96)(H,86,105)(H,87,102)(H,88,104)(H4,81,82,83);2*1H/b29-26+;;/t50-,51+,53+,54-,55-,56+,57+,58+,59+,63+,64+,65+,66-;;/m1../s1. The molecule has 0 saturated heterocycles. The van der Waals surface area contributed by atoms with Crippen LogP contribution in [0.2, 0.25) is 0 Å². The molecular weight excluding hydrogens is 1460 g/mol. The van der Waals surface area contributed by atoms with Crippen molar-refractivity contribution in [1.82, 2.24) is 60.9 Å². The number of carbonyl (C=O) groups is 15. The second-order valence-electron chi connectivity index (χ2n) is 31.8. The van der Waals surface area contributed by atoms with Crippen molar-refractivity contribution >= 4 is 106 Å². The third-order valence-electron chi connectivity index (χ3n) is 19.5. The number of nitrogens with zero attached hydrogens (tertiary/aromatic N) is 8. The number of likely N-dealkylation sites (N-methyl/N-ethyl adjacent to an activating group) is 7. The number of hydrogen-bond acceptors (Lipinski definition) is 18. The summed E-state index contributed by atoms with van der Waals surface area (Å²) in [6.07, 6.45) is 3.92. The number of esters is 1. The van der Waals surface area contributed by atoms with E-state index < -0.39 is 180 Å². The van der Waals surface area contributed by atoms with Crippen molar-refractivity contribution in [3.8, 4) is 0 Å². The molecule has 33 nitrogen and oxygen atoms in total. The van der Waals surface area contributed by atoms with E-state index in [1.807, 2.05) is 55.4 Å². The largest absolute Gasteiger partial charge is 0.459 e. The fourth-order valence-electron chi connectivity index (χ4n) is 12.8. The van der Waals surface area contributed by atoms with Crippen molar-refractivity contribution in [3.05, 3.63) is 12.2 Å². The molecule has 0 aromatic rings. The Morgan fingerprint density at radius 3 is 1.45 bits per heavy atom. The average molecular weight is 1610 g/mol. The Morgan fingerprint density at radius 1 is 0.491 bits per heavy atom. The summed E-state index contributed by atoms with van der Waals surface area (Å²) in [5, 5.41) is 13.4. The minimum absolute atomic E-state index is 0. The monoisotopic (exact) mass is 1610 g/mol. The lowest BCUT2D eigenvalue weighted by molar-refractivity contribution is -0.165. The summed E-state index contributed by atoms with van der Waals surface area (Å²) in [7, 11) is 9.97. The molecule has 0 aromatic carbocycles. The van der Waals surface area contributed by atoms with Crippen molar-refractivity contribution in [2.45, 2.75) is 274 Å². The molecule has 0 aromatic heterocycles. The van der Waals surface area contributed by atoms with Gasteiger partial charge < -0.3 is 88.6 Å². The van der Waals surface area contributed by atoms with Crippen LogP contribution < -0.4 is 49.5 Å². The second-order valence-corrected chi connectivity index (χ2v) is 33.0. The van der Waals surface area contributed by atoms with Gasteiger partial charge in [0.1, 0.15) is 72.6 Å². The maximum Gasteiger partial charge on any atom is 0.306 e. The molecule has 34 heteroatoms. The van der Waals surface area contributed by atoms with Gasteiger partial charge in [-0.2, -0.15) is 11.8 Å². The fraction of sp³-hybridized carbons (Fsp3) is 0.769. The number of ether oxygens (including phenoxy) is 1. The number of guanidine groups is 1. The van der Waals surface area contributed by atoms with Gasteiger partial charge in [-0.25, -0.2) is 0 Å². The highest BCUT2D eigenvalue weighted by Gasteiger charge is 2.47. The first kappa shape index (κ1) is 103. The van der Waals surface area contributed by atoms with Crippen LogP contribution in [0.4, 0.5) is 0 Å². The Morgan fingerprint density at radius 2 is 0.973 bits per heavy atom. The van der Waals surface area contributed by atoms with Crippen LogP contribution in [-0.4, -0.2) is 275 Å². The number of amides is 14. The van der Waals surface area contributed by atoms with Crippen LogP contribution in [0.15, 0.2) is 17.1 Å². The van der Waals surface area contributed by atoms with Gasteiger partial charge in [-0.15, -0.1) is 0 Å². The van der Waals surface area contributed by atoms with Gasteiger partial charge in [0.05, 0.1) is 6.54 Å². The molecule has 0 saturated carbocycles. The van der Waals surface area contributed by atoms with Gasteiger partial charge in [-0.1, -0.05) is 116 Å². The van der Waals surface area contributed by atoms with Crippen LogP contribution in [-0.2, 0) is 76.7 Å². The first-order chi connectivity index (χ1) is 52.0. The lowest BCUT2D eigenvalue weighted by atomic mass is 9.91.